The molecule has 0 aromatic heterocycles. The highest BCUT2D eigenvalue weighted by Gasteiger charge is 2.45. The number of rotatable bonds is 7. The van der Waals surface area contributed by atoms with Gasteiger partial charge in [-0.15, -0.1) is 0 Å². The molecule has 2 aromatic carbocycles. The number of ether oxygens (including phenoxy) is 2. The number of carbonyl (C=O) groups excluding carboxylic acids is 2. The molecule has 0 bridgehead atoms. The first-order valence-corrected chi connectivity index (χ1v) is 9.94. The van der Waals surface area contributed by atoms with Crippen LogP contribution in [0.15, 0.2) is 58.6 Å². The Morgan fingerprint density at radius 3 is 2.31 bits per heavy atom. The summed E-state index contributed by atoms with van der Waals surface area (Å²) < 4.78 is 11.1. The summed E-state index contributed by atoms with van der Waals surface area (Å²) in [7, 11) is 3.14. The van der Waals surface area contributed by atoms with Crippen LogP contribution in [0.4, 0.5) is 0 Å². The van der Waals surface area contributed by atoms with Gasteiger partial charge in [-0.1, -0.05) is 28.1 Å². The van der Waals surface area contributed by atoms with Crippen LogP contribution in [0.2, 0.25) is 0 Å². The van der Waals surface area contributed by atoms with Crippen LogP contribution in [0.1, 0.15) is 23.6 Å². The summed E-state index contributed by atoms with van der Waals surface area (Å²) in [5, 5.41) is 11.0. The fourth-order valence-electron chi connectivity index (χ4n) is 3.39. The van der Waals surface area contributed by atoms with Gasteiger partial charge in [-0.05, 0) is 48.4 Å². The maximum Gasteiger partial charge on any atom is 0.295 e. The van der Waals surface area contributed by atoms with Gasteiger partial charge in [0.2, 0.25) is 0 Å². The second kappa shape index (κ2) is 9.24. The van der Waals surface area contributed by atoms with Crippen molar-refractivity contribution in [2.75, 3.05) is 27.4 Å². The average Bonchev–Trinajstić information content (AvgIpc) is 2.99. The number of benzene rings is 2. The molecule has 29 heavy (non-hydrogen) atoms. The van der Waals surface area contributed by atoms with Crippen molar-refractivity contribution in [3.63, 3.8) is 0 Å². The second-order valence-corrected chi connectivity index (χ2v) is 7.53. The Morgan fingerprint density at radius 1 is 1.07 bits per heavy atom. The van der Waals surface area contributed by atoms with E-state index in [1.807, 2.05) is 24.3 Å². The summed E-state index contributed by atoms with van der Waals surface area (Å²) in [6, 6.07) is 13.4. The number of amides is 1. The molecular weight excluding hydrogens is 438 g/mol. The minimum atomic E-state index is -0.691. The van der Waals surface area contributed by atoms with Crippen LogP contribution in [0, 0.1) is 0 Å². The van der Waals surface area contributed by atoms with Gasteiger partial charge >= 0.3 is 0 Å². The number of methoxy groups -OCH3 is 2. The lowest BCUT2D eigenvalue weighted by molar-refractivity contribution is -0.140. The van der Waals surface area contributed by atoms with Gasteiger partial charge in [0.1, 0.15) is 11.5 Å². The Kier molecular flexibility index (Phi) is 6.71. The van der Waals surface area contributed by atoms with Gasteiger partial charge in [0.25, 0.3) is 11.7 Å². The number of aliphatic hydroxyl groups excluding tert-OH is 1. The molecule has 1 saturated heterocycles. The Hall–Kier alpha value is -2.64. The van der Waals surface area contributed by atoms with Crippen molar-refractivity contribution in [2.24, 2.45) is 0 Å². The van der Waals surface area contributed by atoms with Crippen molar-refractivity contribution in [2.45, 2.75) is 12.5 Å². The van der Waals surface area contributed by atoms with Crippen molar-refractivity contribution >= 4 is 33.4 Å². The van der Waals surface area contributed by atoms with E-state index in [0.29, 0.717) is 30.9 Å². The van der Waals surface area contributed by atoms with Crippen molar-refractivity contribution in [3.8, 4) is 5.75 Å². The van der Waals surface area contributed by atoms with E-state index in [4.69, 9.17) is 9.47 Å². The molecule has 0 radical (unpaired) electrons. The van der Waals surface area contributed by atoms with Crippen molar-refractivity contribution in [1.29, 1.82) is 0 Å². The van der Waals surface area contributed by atoms with Crippen LogP contribution in [-0.4, -0.2) is 49.1 Å². The zero-order valence-corrected chi connectivity index (χ0v) is 17.8. The van der Waals surface area contributed by atoms with E-state index in [1.165, 1.54) is 4.90 Å². The third-order valence-corrected chi connectivity index (χ3v) is 5.37. The fraction of sp³-hybridized carbons (Fsp3) is 0.273. The summed E-state index contributed by atoms with van der Waals surface area (Å²) >= 11 is 3.40. The first-order chi connectivity index (χ1) is 14.0. The Morgan fingerprint density at radius 2 is 1.72 bits per heavy atom. The van der Waals surface area contributed by atoms with Gasteiger partial charge in [0.05, 0.1) is 18.7 Å². The number of carbonyl (C=O) groups is 2. The molecule has 1 fully saturated rings. The minimum Gasteiger partial charge on any atom is -0.507 e. The summed E-state index contributed by atoms with van der Waals surface area (Å²) in [5.41, 5.74) is 1.28. The standard InChI is InChI=1S/C22H22BrNO5/c1-28-13-3-12-24-19(14-4-8-16(23)9-5-14)18(21(26)22(24)27)20(25)15-6-10-17(29-2)11-7-15/h4-11,19,25H,3,12-13H2,1-2H3/b20-18+. The van der Waals surface area contributed by atoms with Crippen LogP contribution in [-0.2, 0) is 14.3 Å². The van der Waals surface area contributed by atoms with Gasteiger partial charge in [-0.2, -0.15) is 0 Å². The highest BCUT2D eigenvalue weighted by Crippen LogP contribution is 2.39. The fourth-order valence-corrected chi connectivity index (χ4v) is 3.65. The first kappa shape index (κ1) is 21.1. The van der Waals surface area contributed by atoms with E-state index in [-0.39, 0.29) is 11.3 Å². The highest BCUT2D eigenvalue weighted by molar-refractivity contribution is 9.10. The molecule has 7 heteroatoms. The smallest absolute Gasteiger partial charge is 0.295 e. The first-order valence-electron chi connectivity index (χ1n) is 9.15. The van der Waals surface area contributed by atoms with Gasteiger partial charge in [0, 0.05) is 30.3 Å². The number of likely N-dealkylation sites (tertiary alicyclic amines) is 1. The van der Waals surface area contributed by atoms with Gasteiger partial charge in [0.15, 0.2) is 0 Å². The molecule has 1 heterocycles. The van der Waals surface area contributed by atoms with E-state index < -0.39 is 17.7 Å². The normalized spacial score (nSPS) is 18.3. The molecule has 0 aliphatic carbocycles. The SMILES string of the molecule is COCCCN1C(=O)C(=O)/C(=C(/O)c2ccc(OC)cc2)C1c1ccc(Br)cc1. The lowest BCUT2D eigenvalue weighted by atomic mass is 9.95. The highest BCUT2D eigenvalue weighted by atomic mass is 79.9. The van der Waals surface area contributed by atoms with Crippen LogP contribution in [0.25, 0.3) is 5.76 Å². The third kappa shape index (κ3) is 4.36. The number of hydrogen-bond acceptors (Lipinski definition) is 5. The molecule has 6 nitrogen and oxygen atoms in total. The van der Waals surface area contributed by atoms with Crippen LogP contribution >= 0.6 is 15.9 Å². The second-order valence-electron chi connectivity index (χ2n) is 6.62. The molecule has 2 aromatic rings. The molecule has 152 valence electrons. The van der Waals surface area contributed by atoms with E-state index in [2.05, 4.69) is 15.9 Å². The summed E-state index contributed by atoms with van der Waals surface area (Å²) in [5.74, 6) is -0.882. The molecule has 0 saturated carbocycles. The Bertz CT molecular complexity index is 921. The third-order valence-electron chi connectivity index (χ3n) is 4.84. The molecular formula is C22H22BrNO5. The number of aliphatic hydroxyl groups is 1. The van der Waals surface area contributed by atoms with Crippen molar-refractivity contribution in [1.82, 2.24) is 4.90 Å². The zero-order chi connectivity index (χ0) is 21.0. The number of Topliss-reactive ketones (excluding diaryl/α,β-unsaturated/α-hetero) is 1. The predicted molar refractivity (Wildman–Crippen MR) is 113 cm³/mol. The number of hydrogen-bond donors (Lipinski definition) is 1. The van der Waals surface area contributed by atoms with E-state index in [9.17, 15) is 14.7 Å². The predicted octanol–water partition coefficient (Wildman–Crippen LogP) is 3.92. The van der Waals surface area contributed by atoms with Crippen LogP contribution in [0.5, 0.6) is 5.75 Å². The van der Waals surface area contributed by atoms with Gasteiger partial charge < -0.3 is 19.5 Å². The van der Waals surface area contributed by atoms with Crippen LogP contribution < -0.4 is 4.74 Å². The zero-order valence-electron chi connectivity index (χ0n) is 16.2. The molecule has 1 unspecified atom stereocenters. The molecule has 0 spiro atoms. The van der Waals surface area contributed by atoms with E-state index in [1.54, 1.807) is 38.5 Å². The molecule has 1 atom stereocenters. The Labute approximate surface area is 177 Å². The molecule has 1 aliphatic rings. The number of nitrogens with zero attached hydrogens (tertiary/aromatic N) is 1. The lowest BCUT2D eigenvalue weighted by Gasteiger charge is -2.25. The molecule has 1 amide bonds. The number of halogens is 1. The summed E-state index contributed by atoms with van der Waals surface area (Å²) in [6.45, 7) is 0.813. The van der Waals surface area contributed by atoms with Gasteiger partial charge in [-0.25, -0.2) is 0 Å². The lowest BCUT2D eigenvalue weighted by Crippen LogP contribution is -2.31. The quantitative estimate of drug-likeness (QED) is 0.294. The Balaban J connectivity index is 2.09. The van der Waals surface area contributed by atoms with Crippen LogP contribution in [0.3, 0.4) is 0 Å². The summed E-state index contributed by atoms with van der Waals surface area (Å²) in [4.78, 5) is 27.1. The maximum atomic E-state index is 12.9. The topological polar surface area (TPSA) is 76.1 Å². The van der Waals surface area contributed by atoms with E-state index >= 15 is 0 Å². The summed E-state index contributed by atoms with van der Waals surface area (Å²) in [6.07, 6.45) is 0.582. The monoisotopic (exact) mass is 459 g/mol. The number of ketones is 1. The molecule has 3 rings (SSSR count). The van der Waals surface area contributed by atoms with Gasteiger partial charge in [-0.3, -0.25) is 9.59 Å². The molecule has 1 aliphatic heterocycles. The van der Waals surface area contributed by atoms with Crippen molar-refractivity contribution in [3.05, 3.63) is 69.7 Å². The molecule has 1 N–H and O–H groups in total. The average molecular weight is 460 g/mol. The van der Waals surface area contributed by atoms with E-state index in [0.717, 1.165) is 10.0 Å². The van der Waals surface area contributed by atoms with Crippen molar-refractivity contribution < 1.29 is 24.2 Å². The largest absolute Gasteiger partial charge is 0.507 e. The maximum absolute atomic E-state index is 12.9. The minimum absolute atomic E-state index is 0.0832.